The number of carboxylic acid groups (broad SMARTS) is 1. The number of carbonyl (C=O) groups is 3. The van der Waals surface area contributed by atoms with Crippen LogP contribution in [0.5, 0.6) is 11.5 Å². The fourth-order valence-electron chi connectivity index (χ4n) is 3.75. The topological polar surface area (TPSA) is 102 Å². The molecule has 0 aliphatic carbocycles. The summed E-state index contributed by atoms with van der Waals surface area (Å²) in [6.45, 7) is 2.83. The zero-order chi connectivity index (χ0) is 27.3. The molecule has 0 heterocycles. The van der Waals surface area contributed by atoms with Gasteiger partial charge < -0.3 is 19.9 Å². The standard InChI is InChI=1S/C30H32ClNO6/c1-2-3-4-5-6-18-37-25-16-12-22(13-17-25)30(36)38-26-14-10-21(11-15-26)19-27(29(34)35)32-28(33)23-8-7-9-24(31)20-23/h7-17,20,27H,2-6,18-19H2,1H3,(H,32,33)(H,34,35)/t27-/m0/s1. The lowest BCUT2D eigenvalue weighted by molar-refractivity contribution is -0.139. The third-order valence-electron chi connectivity index (χ3n) is 5.87. The molecule has 7 nitrogen and oxygen atoms in total. The van der Waals surface area contributed by atoms with Gasteiger partial charge in [-0.05, 0) is 66.6 Å². The molecule has 0 unspecified atom stereocenters. The Bertz CT molecular complexity index is 1210. The normalized spacial score (nSPS) is 11.4. The molecule has 0 bridgehead atoms. The quantitative estimate of drug-likeness (QED) is 0.141. The Kier molecular flexibility index (Phi) is 11.2. The van der Waals surface area contributed by atoms with Crippen LogP contribution in [0.15, 0.2) is 72.8 Å². The van der Waals surface area contributed by atoms with E-state index in [4.69, 9.17) is 21.1 Å². The molecule has 8 heteroatoms. The minimum atomic E-state index is -1.17. The highest BCUT2D eigenvalue weighted by Crippen LogP contribution is 2.18. The van der Waals surface area contributed by atoms with Crippen LogP contribution in [0.2, 0.25) is 5.02 Å². The second-order valence-electron chi connectivity index (χ2n) is 8.90. The lowest BCUT2D eigenvalue weighted by Gasteiger charge is -2.15. The van der Waals surface area contributed by atoms with Crippen LogP contribution in [-0.2, 0) is 11.2 Å². The number of esters is 1. The van der Waals surface area contributed by atoms with E-state index in [1.54, 1.807) is 66.7 Å². The van der Waals surface area contributed by atoms with Crippen molar-refractivity contribution in [3.05, 3.63) is 94.5 Å². The van der Waals surface area contributed by atoms with Gasteiger partial charge in [-0.3, -0.25) is 4.79 Å². The fourth-order valence-corrected chi connectivity index (χ4v) is 3.94. The summed E-state index contributed by atoms with van der Waals surface area (Å²) in [5, 5.41) is 12.5. The number of benzene rings is 3. The molecule has 2 N–H and O–H groups in total. The van der Waals surface area contributed by atoms with Gasteiger partial charge in [0.05, 0.1) is 12.2 Å². The van der Waals surface area contributed by atoms with Crippen molar-refractivity contribution in [2.24, 2.45) is 0 Å². The van der Waals surface area contributed by atoms with Crippen molar-refractivity contribution in [2.45, 2.75) is 51.5 Å². The zero-order valence-corrected chi connectivity index (χ0v) is 22.1. The Morgan fingerprint density at radius 2 is 1.55 bits per heavy atom. The van der Waals surface area contributed by atoms with Crippen molar-refractivity contribution < 1.29 is 29.0 Å². The van der Waals surface area contributed by atoms with Gasteiger partial charge in [-0.15, -0.1) is 0 Å². The molecule has 1 amide bonds. The van der Waals surface area contributed by atoms with Gasteiger partial charge in [0.1, 0.15) is 17.5 Å². The third kappa shape index (κ3) is 9.23. The summed E-state index contributed by atoms with van der Waals surface area (Å²) >= 11 is 5.91. The molecule has 0 aliphatic heterocycles. The highest BCUT2D eigenvalue weighted by atomic mass is 35.5. The van der Waals surface area contributed by atoms with Gasteiger partial charge in [-0.1, -0.05) is 62.4 Å². The Hall–Kier alpha value is -3.84. The lowest BCUT2D eigenvalue weighted by Crippen LogP contribution is -2.42. The maximum absolute atomic E-state index is 12.5. The molecule has 1 atom stereocenters. The second kappa shape index (κ2) is 14.8. The van der Waals surface area contributed by atoms with E-state index in [9.17, 15) is 19.5 Å². The van der Waals surface area contributed by atoms with Gasteiger partial charge in [0.2, 0.25) is 0 Å². The van der Waals surface area contributed by atoms with Crippen molar-refractivity contribution in [1.29, 1.82) is 0 Å². The summed E-state index contributed by atoms with van der Waals surface area (Å²) in [5.74, 6) is -1.19. The number of amides is 1. The molecular formula is C30H32ClNO6. The number of unbranched alkanes of at least 4 members (excludes halogenated alkanes) is 4. The molecule has 0 saturated heterocycles. The van der Waals surface area contributed by atoms with E-state index in [1.165, 1.54) is 25.3 Å². The molecule has 3 aromatic carbocycles. The molecule has 3 rings (SSSR count). The molecule has 0 spiro atoms. The summed E-state index contributed by atoms with van der Waals surface area (Å²) in [5.41, 5.74) is 1.31. The first-order valence-corrected chi connectivity index (χ1v) is 13.1. The van der Waals surface area contributed by atoms with Crippen LogP contribution in [0.1, 0.15) is 65.3 Å². The Labute approximate surface area is 227 Å². The largest absolute Gasteiger partial charge is 0.494 e. The minimum absolute atomic E-state index is 0.0515. The summed E-state index contributed by atoms with van der Waals surface area (Å²) in [7, 11) is 0. The molecule has 200 valence electrons. The number of rotatable bonds is 14. The first-order chi connectivity index (χ1) is 18.4. The van der Waals surface area contributed by atoms with E-state index in [2.05, 4.69) is 12.2 Å². The van der Waals surface area contributed by atoms with E-state index < -0.39 is 23.9 Å². The summed E-state index contributed by atoms with van der Waals surface area (Å²) in [6, 6.07) is 18.4. The summed E-state index contributed by atoms with van der Waals surface area (Å²) in [4.78, 5) is 36.7. The van der Waals surface area contributed by atoms with Gasteiger partial charge in [-0.2, -0.15) is 0 Å². The van der Waals surface area contributed by atoms with Crippen LogP contribution < -0.4 is 14.8 Å². The molecule has 0 saturated carbocycles. The summed E-state index contributed by atoms with van der Waals surface area (Å²) in [6.07, 6.45) is 5.86. The maximum Gasteiger partial charge on any atom is 0.343 e. The van der Waals surface area contributed by atoms with E-state index in [-0.39, 0.29) is 12.0 Å². The van der Waals surface area contributed by atoms with Crippen molar-refractivity contribution in [2.75, 3.05) is 6.61 Å². The SMILES string of the molecule is CCCCCCCOc1ccc(C(=O)Oc2ccc(C[C@H](NC(=O)c3cccc(Cl)c3)C(=O)O)cc2)cc1. The third-order valence-corrected chi connectivity index (χ3v) is 6.11. The number of hydrogen-bond acceptors (Lipinski definition) is 5. The zero-order valence-electron chi connectivity index (χ0n) is 21.3. The molecule has 0 fully saturated rings. The molecule has 38 heavy (non-hydrogen) atoms. The van der Waals surface area contributed by atoms with Crippen LogP contribution >= 0.6 is 11.6 Å². The Morgan fingerprint density at radius 1 is 0.868 bits per heavy atom. The smallest absolute Gasteiger partial charge is 0.343 e. The van der Waals surface area contributed by atoms with Crippen molar-refractivity contribution >= 4 is 29.4 Å². The Morgan fingerprint density at radius 3 is 2.21 bits per heavy atom. The van der Waals surface area contributed by atoms with Gasteiger partial charge in [0.25, 0.3) is 5.91 Å². The average Bonchev–Trinajstić information content (AvgIpc) is 2.91. The second-order valence-corrected chi connectivity index (χ2v) is 9.34. The molecule has 0 radical (unpaired) electrons. The van der Waals surface area contributed by atoms with Crippen LogP contribution in [0.3, 0.4) is 0 Å². The van der Waals surface area contributed by atoms with Crippen molar-refractivity contribution in [3.8, 4) is 11.5 Å². The summed E-state index contributed by atoms with van der Waals surface area (Å²) < 4.78 is 11.2. The number of carbonyl (C=O) groups excluding carboxylic acids is 2. The highest BCUT2D eigenvalue weighted by molar-refractivity contribution is 6.31. The highest BCUT2D eigenvalue weighted by Gasteiger charge is 2.21. The first-order valence-electron chi connectivity index (χ1n) is 12.7. The van der Waals surface area contributed by atoms with Crippen LogP contribution in [0.25, 0.3) is 0 Å². The maximum atomic E-state index is 12.5. The number of aliphatic carboxylic acids is 1. The van der Waals surface area contributed by atoms with Crippen LogP contribution in [0, 0.1) is 0 Å². The molecular weight excluding hydrogens is 506 g/mol. The predicted molar refractivity (Wildman–Crippen MR) is 146 cm³/mol. The lowest BCUT2D eigenvalue weighted by atomic mass is 10.1. The van der Waals surface area contributed by atoms with Crippen molar-refractivity contribution in [1.82, 2.24) is 5.32 Å². The molecule has 0 aromatic heterocycles. The number of halogens is 1. The van der Waals surface area contributed by atoms with Crippen molar-refractivity contribution in [3.63, 3.8) is 0 Å². The van der Waals surface area contributed by atoms with E-state index in [0.717, 1.165) is 12.8 Å². The van der Waals surface area contributed by atoms with E-state index >= 15 is 0 Å². The number of ether oxygens (including phenoxy) is 2. The van der Waals surface area contributed by atoms with Crippen LogP contribution in [-0.4, -0.2) is 35.6 Å². The van der Waals surface area contributed by atoms with E-state index in [0.29, 0.717) is 34.3 Å². The molecule has 3 aromatic rings. The first kappa shape index (κ1) is 28.7. The van der Waals surface area contributed by atoms with Crippen LogP contribution in [0.4, 0.5) is 0 Å². The molecule has 0 aliphatic rings. The Balaban J connectivity index is 1.50. The van der Waals surface area contributed by atoms with Gasteiger partial charge in [-0.25, -0.2) is 9.59 Å². The number of hydrogen-bond donors (Lipinski definition) is 2. The monoisotopic (exact) mass is 537 g/mol. The van der Waals surface area contributed by atoms with Gasteiger partial charge in [0, 0.05) is 17.0 Å². The fraction of sp³-hybridized carbons (Fsp3) is 0.300. The van der Waals surface area contributed by atoms with Gasteiger partial charge in [0.15, 0.2) is 0 Å². The predicted octanol–water partition coefficient (Wildman–Crippen LogP) is 6.33. The number of nitrogens with one attached hydrogen (secondary N) is 1. The van der Waals surface area contributed by atoms with Gasteiger partial charge >= 0.3 is 11.9 Å². The minimum Gasteiger partial charge on any atom is -0.494 e. The van der Waals surface area contributed by atoms with E-state index in [1.807, 2.05) is 0 Å². The average molecular weight is 538 g/mol. The number of carboxylic acids is 1.